The standard InChI is InChI=1S/C19H23N3O5S2/c1-2-13-20-28(24,25)15-16-8-10-17(11-9-16)22-19(23)12-14-21-29(26,27)18-6-4-3-5-7-18/h2-11,20-21H,1,12-15H2,(H,22,23). The molecule has 0 radical (unpaired) electrons. The van der Waals surface area contributed by atoms with Crippen LogP contribution in [0.15, 0.2) is 72.1 Å². The van der Waals surface area contributed by atoms with Crippen molar-refractivity contribution < 1.29 is 21.6 Å². The summed E-state index contributed by atoms with van der Waals surface area (Å²) in [6.07, 6.45) is 1.41. The van der Waals surface area contributed by atoms with Crippen LogP contribution in [0.2, 0.25) is 0 Å². The van der Waals surface area contributed by atoms with Crippen LogP contribution in [0.5, 0.6) is 0 Å². The van der Waals surface area contributed by atoms with E-state index in [-0.39, 0.29) is 36.1 Å². The van der Waals surface area contributed by atoms with E-state index in [9.17, 15) is 21.6 Å². The minimum atomic E-state index is -3.66. The third-order valence-corrected chi connectivity index (χ3v) is 6.54. The summed E-state index contributed by atoms with van der Waals surface area (Å²) >= 11 is 0. The fourth-order valence-corrected chi connectivity index (χ4v) is 4.50. The highest BCUT2D eigenvalue weighted by molar-refractivity contribution is 7.89. The maximum Gasteiger partial charge on any atom is 0.240 e. The van der Waals surface area contributed by atoms with Crippen LogP contribution in [0, 0.1) is 0 Å². The lowest BCUT2D eigenvalue weighted by Crippen LogP contribution is -2.27. The van der Waals surface area contributed by atoms with Crippen molar-refractivity contribution >= 4 is 31.6 Å². The number of rotatable bonds is 11. The molecule has 0 atom stereocenters. The van der Waals surface area contributed by atoms with Gasteiger partial charge >= 0.3 is 0 Å². The maximum atomic E-state index is 12.1. The molecule has 0 saturated heterocycles. The van der Waals surface area contributed by atoms with Gasteiger partial charge in [-0.3, -0.25) is 4.79 Å². The van der Waals surface area contributed by atoms with Crippen LogP contribution in [-0.4, -0.2) is 35.8 Å². The van der Waals surface area contributed by atoms with E-state index in [1.54, 1.807) is 42.5 Å². The summed E-state index contributed by atoms with van der Waals surface area (Å²) in [6, 6.07) is 14.3. The Kier molecular flexibility index (Phi) is 8.09. The molecule has 0 aliphatic rings. The Morgan fingerprint density at radius 1 is 0.931 bits per heavy atom. The van der Waals surface area contributed by atoms with Gasteiger partial charge in [0.15, 0.2) is 0 Å². The van der Waals surface area contributed by atoms with E-state index in [2.05, 4.69) is 21.3 Å². The van der Waals surface area contributed by atoms with Crippen LogP contribution in [0.4, 0.5) is 5.69 Å². The predicted molar refractivity (Wildman–Crippen MR) is 112 cm³/mol. The van der Waals surface area contributed by atoms with Gasteiger partial charge in [-0.2, -0.15) is 0 Å². The third kappa shape index (κ3) is 7.78. The van der Waals surface area contributed by atoms with Crippen molar-refractivity contribution in [2.45, 2.75) is 17.1 Å². The Bertz CT molecular complexity index is 1040. The average Bonchev–Trinajstić information content (AvgIpc) is 2.68. The number of hydrogen-bond donors (Lipinski definition) is 3. The molecule has 0 bridgehead atoms. The summed E-state index contributed by atoms with van der Waals surface area (Å²) in [5.74, 6) is -0.551. The van der Waals surface area contributed by atoms with Crippen molar-refractivity contribution in [3.05, 3.63) is 72.8 Å². The van der Waals surface area contributed by atoms with Crippen LogP contribution in [-0.2, 0) is 30.6 Å². The van der Waals surface area contributed by atoms with Gasteiger partial charge in [-0.1, -0.05) is 36.4 Å². The van der Waals surface area contributed by atoms with E-state index in [0.29, 0.717) is 11.3 Å². The lowest BCUT2D eigenvalue weighted by molar-refractivity contribution is -0.116. The maximum absolute atomic E-state index is 12.1. The van der Waals surface area contributed by atoms with Crippen LogP contribution >= 0.6 is 0 Å². The van der Waals surface area contributed by atoms with Crippen LogP contribution < -0.4 is 14.8 Å². The Balaban J connectivity index is 1.83. The Morgan fingerprint density at radius 2 is 1.59 bits per heavy atom. The molecule has 0 saturated carbocycles. The molecule has 2 aromatic rings. The first-order chi connectivity index (χ1) is 13.7. The molecule has 10 heteroatoms. The van der Waals surface area contributed by atoms with Gasteiger partial charge in [0.2, 0.25) is 26.0 Å². The van der Waals surface area contributed by atoms with E-state index in [1.807, 2.05) is 0 Å². The van der Waals surface area contributed by atoms with Crippen molar-refractivity contribution in [2.24, 2.45) is 0 Å². The van der Waals surface area contributed by atoms with Gasteiger partial charge in [-0.05, 0) is 29.8 Å². The number of carbonyl (C=O) groups excluding carboxylic acids is 1. The summed E-state index contributed by atoms with van der Waals surface area (Å²) in [7, 11) is -7.11. The minimum absolute atomic E-state index is 0.0473. The van der Waals surface area contributed by atoms with Crippen molar-refractivity contribution in [3.63, 3.8) is 0 Å². The zero-order valence-electron chi connectivity index (χ0n) is 15.7. The number of carbonyl (C=O) groups is 1. The number of hydrogen-bond acceptors (Lipinski definition) is 5. The molecule has 0 unspecified atom stereocenters. The lowest BCUT2D eigenvalue weighted by atomic mass is 10.2. The molecule has 1 amide bonds. The summed E-state index contributed by atoms with van der Waals surface area (Å²) in [5.41, 5.74) is 1.05. The molecule has 0 aliphatic carbocycles. The Morgan fingerprint density at radius 3 is 2.21 bits per heavy atom. The second-order valence-corrected chi connectivity index (χ2v) is 9.68. The van der Waals surface area contributed by atoms with E-state index in [1.165, 1.54) is 18.2 Å². The zero-order chi connectivity index (χ0) is 21.3. The monoisotopic (exact) mass is 437 g/mol. The summed E-state index contributed by atoms with van der Waals surface area (Å²) in [4.78, 5) is 12.1. The fourth-order valence-electron chi connectivity index (χ4n) is 2.35. The molecule has 0 aliphatic heterocycles. The van der Waals surface area contributed by atoms with Crippen LogP contribution in [0.3, 0.4) is 0 Å². The number of amides is 1. The molecule has 0 heterocycles. The molecule has 0 spiro atoms. The Hall–Kier alpha value is -2.53. The van der Waals surface area contributed by atoms with Gasteiger partial charge in [0.05, 0.1) is 10.6 Å². The lowest BCUT2D eigenvalue weighted by Gasteiger charge is -2.09. The fraction of sp³-hybridized carbons (Fsp3) is 0.211. The van der Waals surface area contributed by atoms with E-state index < -0.39 is 20.0 Å². The van der Waals surface area contributed by atoms with Gasteiger partial charge in [-0.25, -0.2) is 26.3 Å². The molecule has 29 heavy (non-hydrogen) atoms. The number of sulfonamides is 2. The van der Waals surface area contributed by atoms with Crippen molar-refractivity contribution in [1.29, 1.82) is 0 Å². The molecule has 2 rings (SSSR count). The second kappa shape index (κ2) is 10.3. The van der Waals surface area contributed by atoms with Gasteiger partial charge in [0.25, 0.3) is 0 Å². The van der Waals surface area contributed by atoms with Crippen LogP contribution in [0.25, 0.3) is 0 Å². The molecule has 8 nitrogen and oxygen atoms in total. The topological polar surface area (TPSA) is 121 Å². The van der Waals surface area contributed by atoms with Crippen molar-refractivity contribution in [3.8, 4) is 0 Å². The molecule has 2 aromatic carbocycles. The number of benzene rings is 2. The molecular weight excluding hydrogens is 414 g/mol. The van der Waals surface area contributed by atoms with E-state index >= 15 is 0 Å². The number of nitrogens with one attached hydrogen (secondary N) is 3. The summed E-state index contributed by atoms with van der Waals surface area (Å²) < 4.78 is 52.6. The SMILES string of the molecule is C=CCNS(=O)(=O)Cc1ccc(NC(=O)CCNS(=O)(=O)c2ccccc2)cc1. The zero-order valence-corrected chi connectivity index (χ0v) is 17.3. The molecular formula is C19H23N3O5S2. The number of anilines is 1. The molecule has 0 fully saturated rings. The molecule has 0 aromatic heterocycles. The molecule has 156 valence electrons. The van der Waals surface area contributed by atoms with E-state index in [4.69, 9.17) is 0 Å². The highest BCUT2D eigenvalue weighted by atomic mass is 32.2. The smallest absolute Gasteiger partial charge is 0.240 e. The van der Waals surface area contributed by atoms with Crippen LogP contribution in [0.1, 0.15) is 12.0 Å². The summed E-state index contributed by atoms with van der Waals surface area (Å²) in [6.45, 7) is 3.56. The van der Waals surface area contributed by atoms with Gasteiger partial charge in [-0.15, -0.1) is 6.58 Å². The van der Waals surface area contributed by atoms with Gasteiger partial charge in [0.1, 0.15) is 0 Å². The third-order valence-electron chi connectivity index (χ3n) is 3.74. The van der Waals surface area contributed by atoms with Gasteiger partial charge in [0, 0.05) is 25.2 Å². The normalized spacial score (nSPS) is 11.7. The molecule has 3 N–H and O–H groups in total. The predicted octanol–water partition coefficient (Wildman–Crippen LogP) is 1.60. The largest absolute Gasteiger partial charge is 0.326 e. The second-order valence-electron chi connectivity index (χ2n) is 6.10. The van der Waals surface area contributed by atoms with Gasteiger partial charge < -0.3 is 5.32 Å². The quantitative estimate of drug-likeness (QED) is 0.461. The first-order valence-electron chi connectivity index (χ1n) is 8.73. The highest BCUT2D eigenvalue weighted by Crippen LogP contribution is 2.12. The minimum Gasteiger partial charge on any atom is -0.326 e. The summed E-state index contributed by atoms with van der Waals surface area (Å²) in [5, 5.41) is 2.64. The first kappa shape index (κ1) is 22.8. The van der Waals surface area contributed by atoms with Crippen molar-refractivity contribution in [2.75, 3.05) is 18.4 Å². The highest BCUT2D eigenvalue weighted by Gasteiger charge is 2.14. The van der Waals surface area contributed by atoms with E-state index in [0.717, 1.165) is 0 Å². The first-order valence-corrected chi connectivity index (χ1v) is 11.9. The Labute approximate surface area is 171 Å². The average molecular weight is 438 g/mol. The van der Waals surface area contributed by atoms with Crippen molar-refractivity contribution in [1.82, 2.24) is 9.44 Å².